The zero-order valence-corrected chi connectivity index (χ0v) is 12.9. The predicted octanol–water partition coefficient (Wildman–Crippen LogP) is 2.75. The number of nitrogen functional groups attached to an aromatic ring is 1. The van der Waals surface area contributed by atoms with Gasteiger partial charge in [-0.15, -0.1) is 0 Å². The monoisotopic (exact) mass is 337 g/mol. The van der Waals surface area contributed by atoms with Crippen LogP contribution in [-0.4, -0.2) is 29.7 Å². The smallest absolute Gasteiger partial charge is 0.383 e. The minimum atomic E-state index is -4.72. The molecule has 0 saturated heterocycles. The average Bonchev–Trinajstić information content (AvgIpc) is 2.96. The Morgan fingerprint density at radius 2 is 1.42 bits per heavy atom. The number of hydrogen-bond donors (Lipinski definition) is 1. The first-order valence-corrected chi connectivity index (χ1v) is 6.99. The molecule has 0 aliphatic carbocycles. The Morgan fingerprint density at radius 1 is 0.917 bits per heavy atom. The van der Waals surface area contributed by atoms with E-state index in [1.165, 1.54) is 36.9 Å². The molecular formula is C14H14F3N7. The number of nitrogens with zero attached hydrogens (tertiary/aromatic N) is 6. The van der Waals surface area contributed by atoms with Crippen LogP contribution in [0, 0.1) is 0 Å². The second-order valence-corrected chi connectivity index (χ2v) is 4.14. The second kappa shape index (κ2) is 7.02. The highest BCUT2D eigenvalue weighted by Crippen LogP contribution is 2.38. The van der Waals surface area contributed by atoms with Crippen molar-refractivity contribution in [1.82, 2.24) is 29.7 Å². The van der Waals surface area contributed by atoms with Crippen LogP contribution in [0.2, 0.25) is 0 Å². The molecule has 0 fully saturated rings. The molecule has 3 heterocycles. The van der Waals surface area contributed by atoms with E-state index in [0.29, 0.717) is 0 Å². The van der Waals surface area contributed by atoms with E-state index in [1.807, 2.05) is 13.8 Å². The fraction of sp³-hybridized carbons (Fsp3) is 0.214. The zero-order valence-electron chi connectivity index (χ0n) is 12.9. The molecule has 24 heavy (non-hydrogen) atoms. The highest BCUT2D eigenvalue weighted by atomic mass is 19.4. The first-order valence-electron chi connectivity index (χ1n) is 6.99. The molecule has 0 radical (unpaired) electrons. The summed E-state index contributed by atoms with van der Waals surface area (Å²) in [4.78, 5) is 15.3. The number of halogens is 3. The molecule has 0 saturated carbocycles. The lowest BCUT2D eigenvalue weighted by molar-refractivity contribution is -0.140. The molecule has 3 aromatic heterocycles. The van der Waals surface area contributed by atoms with Crippen molar-refractivity contribution >= 4 is 5.82 Å². The molecule has 10 heteroatoms. The topological polar surface area (TPSA) is 95.4 Å². The number of rotatable bonds is 2. The van der Waals surface area contributed by atoms with Gasteiger partial charge in [0, 0.05) is 24.8 Å². The number of nitrogens with two attached hydrogens (primary N) is 1. The number of hydrogen-bond acceptors (Lipinski definition) is 6. The fourth-order valence-corrected chi connectivity index (χ4v) is 1.83. The summed E-state index contributed by atoms with van der Waals surface area (Å²) in [6.45, 7) is 4.00. The summed E-state index contributed by atoms with van der Waals surface area (Å²) in [5.41, 5.74) is 4.21. The van der Waals surface area contributed by atoms with Crippen LogP contribution >= 0.6 is 0 Å². The molecule has 3 rings (SSSR count). The lowest BCUT2D eigenvalue weighted by Gasteiger charge is -2.05. The van der Waals surface area contributed by atoms with Gasteiger partial charge in [-0.25, -0.2) is 19.9 Å². The van der Waals surface area contributed by atoms with Crippen molar-refractivity contribution in [1.29, 1.82) is 0 Å². The summed E-state index contributed by atoms with van der Waals surface area (Å²) >= 11 is 0. The Morgan fingerprint density at radius 3 is 1.92 bits per heavy atom. The largest absolute Gasteiger partial charge is 0.436 e. The molecule has 0 aliphatic heterocycles. The van der Waals surface area contributed by atoms with Gasteiger partial charge in [0.25, 0.3) is 5.95 Å². The molecule has 0 unspecified atom stereocenters. The summed E-state index contributed by atoms with van der Waals surface area (Å²) in [5.74, 6) is -0.535. The predicted molar refractivity (Wildman–Crippen MR) is 80.9 cm³/mol. The van der Waals surface area contributed by atoms with Crippen LogP contribution in [0.4, 0.5) is 19.0 Å². The van der Waals surface area contributed by atoms with Gasteiger partial charge in [-0.2, -0.15) is 23.0 Å². The van der Waals surface area contributed by atoms with Crippen LogP contribution in [0.5, 0.6) is 0 Å². The molecule has 0 aromatic carbocycles. The molecular weight excluding hydrogens is 323 g/mol. The Labute approximate surface area is 135 Å². The maximum atomic E-state index is 13.2. The van der Waals surface area contributed by atoms with Crippen LogP contribution in [-0.2, 0) is 6.18 Å². The summed E-state index contributed by atoms with van der Waals surface area (Å²) < 4.78 is 40.5. The van der Waals surface area contributed by atoms with Gasteiger partial charge in [-0.3, -0.25) is 0 Å². The van der Waals surface area contributed by atoms with Crippen molar-refractivity contribution in [2.24, 2.45) is 0 Å². The van der Waals surface area contributed by atoms with Gasteiger partial charge in [0.05, 0.1) is 5.56 Å². The molecule has 126 valence electrons. The minimum absolute atomic E-state index is 0.0762. The molecule has 0 atom stereocenters. The van der Waals surface area contributed by atoms with Crippen molar-refractivity contribution in [3.63, 3.8) is 0 Å². The summed E-state index contributed by atoms with van der Waals surface area (Å²) in [6.07, 6.45) is 0.657. The van der Waals surface area contributed by atoms with E-state index in [-0.39, 0.29) is 17.6 Å². The third kappa shape index (κ3) is 3.31. The highest BCUT2D eigenvalue weighted by Gasteiger charge is 2.40. The van der Waals surface area contributed by atoms with Gasteiger partial charge < -0.3 is 5.73 Å². The average molecular weight is 337 g/mol. The third-order valence-corrected chi connectivity index (χ3v) is 2.72. The Balaban J connectivity index is 0.00000100. The Bertz CT molecular complexity index is 785. The highest BCUT2D eigenvalue weighted by molar-refractivity contribution is 5.73. The van der Waals surface area contributed by atoms with Gasteiger partial charge in [0.2, 0.25) is 0 Å². The van der Waals surface area contributed by atoms with Crippen molar-refractivity contribution in [2.75, 3.05) is 5.73 Å². The van der Waals surface area contributed by atoms with Gasteiger partial charge in [-0.05, 0) is 12.1 Å². The zero-order chi connectivity index (χ0) is 17.7. The first kappa shape index (κ1) is 17.3. The van der Waals surface area contributed by atoms with Crippen molar-refractivity contribution in [3.8, 4) is 17.3 Å². The summed E-state index contributed by atoms with van der Waals surface area (Å²) in [6, 6.07) is 3.01. The Hall–Kier alpha value is -3.04. The number of aromatic nitrogens is 6. The molecule has 3 aromatic rings. The van der Waals surface area contributed by atoms with Crippen molar-refractivity contribution < 1.29 is 13.2 Å². The lowest BCUT2D eigenvalue weighted by Crippen LogP contribution is -2.10. The third-order valence-electron chi connectivity index (χ3n) is 2.72. The van der Waals surface area contributed by atoms with Gasteiger partial charge in [0.1, 0.15) is 5.82 Å². The van der Waals surface area contributed by atoms with E-state index in [9.17, 15) is 13.2 Å². The van der Waals surface area contributed by atoms with E-state index in [0.717, 1.165) is 4.68 Å². The Kier molecular flexibility index (Phi) is 5.07. The van der Waals surface area contributed by atoms with Gasteiger partial charge in [-0.1, -0.05) is 13.8 Å². The molecule has 0 amide bonds. The molecule has 0 bridgehead atoms. The molecule has 0 aliphatic rings. The van der Waals surface area contributed by atoms with Crippen LogP contribution in [0.25, 0.3) is 17.3 Å². The molecule has 0 spiro atoms. The van der Waals surface area contributed by atoms with Crippen molar-refractivity contribution in [3.05, 3.63) is 42.6 Å². The standard InChI is InChI=1S/C12H8F3N7.C2H6/c13-12(14,15)8-7(10-17-3-1-4-18-10)9(16)22(21-8)11-19-5-2-6-20-11;1-2/h1-6H,16H2;1-2H3. The summed E-state index contributed by atoms with van der Waals surface area (Å²) in [7, 11) is 0. The second-order valence-electron chi connectivity index (χ2n) is 4.14. The fourth-order valence-electron chi connectivity index (χ4n) is 1.83. The van der Waals surface area contributed by atoms with Crippen LogP contribution < -0.4 is 5.73 Å². The maximum Gasteiger partial charge on any atom is 0.436 e. The number of alkyl halides is 3. The SMILES string of the molecule is CC.Nc1c(-c2ncccn2)c(C(F)(F)F)nn1-c1ncccn1. The van der Waals surface area contributed by atoms with Crippen molar-refractivity contribution in [2.45, 2.75) is 20.0 Å². The van der Waals surface area contributed by atoms with Crippen LogP contribution in [0.1, 0.15) is 19.5 Å². The van der Waals surface area contributed by atoms with E-state index in [1.54, 1.807) is 0 Å². The number of anilines is 1. The lowest BCUT2D eigenvalue weighted by atomic mass is 10.2. The van der Waals surface area contributed by atoms with Gasteiger partial charge in [0.15, 0.2) is 11.5 Å². The minimum Gasteiger partial charge on any atom is -0.383 e. The van der Waals surface area contributed by atoms with Crippen LogP contribution in [0.3, 0.4) is 0 Å². The molecule has 2 N–H and O–H groups in total. The normalized spacial score (nSPS) is 10.9. The van der Waals surface area contributed by atoms with E-state index < -0.39 is 17.4 Å². The summed E-state index contributed by atoms with van der Waals surface area (Å²) in [5, 5.41) is 3.49. The first-order chi connectivity index (χ1) is 11.5. The quantitative estimate of drug-likeness (QED) is 0.772. The van der Waals surface area contributed by atoms with E-state index in [2.05, 4.69) is 25.0 Å². The maximum absolute atomic E-state index is 13.2. The van der Waals surface area contributed by atoms with Crippen LogP contribution in [0.15, 0.2) is 36.9 Å². The van der Waals surface area contributed by atoms with E-state index >= 15 is 0 Å². The van der Waals surface area contributed by atoms with E-state index in [4.69, 9.17) is 5.73 Å². The van der Waals surface area contributed by atoms with Gasteiger partial charge >= 0.3 is 6.18 Å². The molecule has 7 nitrogen and oxygen atoms in total.